The molecule has 3 rings (SSSR count). The number of phenolic OH excluding ortho intramolecular Hbond substituents is 1. The van der Waals surface area contributed by atoms with Gasteiger partial charge in [-0.25, -0.2) is 9.78 Å². The lowest BCUT2D eigenvalue weighted by molar-refractivity contribution is 0.0595. The highest BCUT2D eigenvalue weighted by molar-refractivity contribution is 5.97. The summed E-state index contributed by atoms with van der Waals surface area (Å²) in [5, 5.41) is 25.5. The van der Waals surface area contributed by atoms with E-state index in [2.05, 4.69) is 15.2 Å². The smallest absolute Gasteiger partial charge is 0.356 e. The molecule has 0 saturated heterocycles. The third kappa shape index (κ3) is 2.86. The quantitative estimate of drug-likeness (QED) is 0.623. The standard InChI is InChI=1S/C17H13N5O3/c1-25-17(24)15-13(8-20-22-15)11-6-14(21-16(19)12(11)7-18)9-3-2-4-10(23)5-9/h2-6,8,23H,1H3,(H2,19,21)(H,20,22). The predicted molar refractivity (Wildman–Crippen MR) is 89.4 cm³/mol. The van der Waals surface area contributed by atoms with Gasteiger partial charge in [0.1, 0.15) is 23.2 Å². The number of ether oxygens (including phenoxy) is 1. The summed E-state index contributed by atoms with van der Waals surface area (Å²) >= 11 is 0. The monoisotopic (exact) mass is 335 g/mol. The van der Waals surface area contributed by atoms with Gasteiger partial charge in [0.15, 0.2) is 5.69 Å². The van der Waals surface area contributed by atoms with Crippen molar-refractivity contribution in [3.8, 4) is 34.2 Å². The maximum Gasteiger partial charge on any atom is 0.356 e. The van der Waals surface area contributed by atoms with Gasteiger partial charge in [-0.2, -0.15) is 10.4 Å². The van der Waals surface area contributed by atoms with Crippen LogP contribution in [0.2, 0.25) is 0 Å². The average molecular weight is 335 g/mol. The normalized spacial score (nSPS) is 10.2. The van der Waals surface area contributed by atoms with Gasteiger partial charge in [-0.1, -0.05) is 12.1 Å². The van der Waals surface area contributed by atoms with Crippen LogP contribution in [0, 0.1) is 11.3 Å². The molecule has 0 fully saturated rings. The summed E-state index contributed by atoms with van der Waals surface area (Å²) in [5.41, 5.74) is 7.97. The zero-order valence-electron chi connectivity index (χ0n) is 13.1. The number of hydrogen-bond acceptors (Lipinski definition) is 7. The molecular formula is C17H13N5O3. The lowest BCUT2D eigenvalue weighted by Gasteiger charge is -2.10. The van der Waals surface area contributed by atoms with Crippen LogP contribution in [-0.4, -0.2) is 33.4 Å². The second-order valence-electron chi connectivity index (χ2n) is 5.13. The van der Waals surface area contributed by atoms with E-state index in [4.69, 9.17) is 10.5 Å². The molecule has 8 heteroatoms. The Balaban J connectivity index is 2.25. The SMILES string of the molecule is COC(=O)c1[nH]ncc1-c1cc(-c2cccc(O)c2)nc(N)c1C#N. The summed E-state index contributed by atoms with van der Waals surface area (Å²) in [6, 6.07) is 10.1. The number of rotatable bonds is 3. The fourth-order valence-electron chi connectivity index (χ4n) is 2.46. The highest BCUT2D eigenvalue weighted by Gasteiger charge is 2.21. The van der Waals surface area contributed by atoms with E-state index in [0.29, 0.717) is 22.4 Å². The average Bonchev–Trinajstić information content (AvgIpc) is 3.10. The molecule has 2 aromatic heterocycles. The van der Waals surface area contributed by atoms with Crippen LogP contribution in [0.1, 0.15) is 16.1 Å². The summed E-state index contributed by atoms with van der Waals surface area (Å²) in [5.74, 6) is -0.539. The number of hydrogen-bond donors (Lipinski definition) is 3. The van der Waals surface area contributed by atoms with Gasteiger partial charge in [0.05, 0.1) is 19.0 Å². The number of nitrogens with zero attached hydrogens (tertiary/aromatic N) is 3. The predicted octanol–water partition coefficient (Wildman–Crippen LogP) is 2.08. The molecule has 25 heavy (non-hydrogen) atoms. The van der Waals surface area contributed by atoms with E-state index in [0.717, 1.165) is 0 Å². The molecule has 2 heterocycles. The highest BCUT2D eigenvalue weighted by Crippen LogP contribution is 2.33. The van der Waals surface area contributed by atoms with Crippen LogP contribution in [0.3, 0.4) is 0 Å². The number of nitrogens with two attached hydrogens (primary N) is 1. The Kier molecular flexibility index (Phi) is 4.05. The maximum absolute atomic E-state index is 11.9. The summed E-state index contributed by atoms with van der Waals surface area (Å²) in [7, 11) is 1.25. The van der Waals surface area contributed by atoms with Gasteiger partial charge in [0.25, 0.3) is 0 Å². The first-order valence-electron chi connectivity index (χ1n) is 7.17. The first kappa shape index (κ1) is 16.0. The minimum atomic E-state index is -0.620. The van der Waals surface area contributed by atoms with Crippen molar-refractivity contribution in [2.45, 2.75) is 0 Å². The Morgan fingerprint density at radius 1 is 1.36 bits per heavy atom. The van der Waals surface area contributed by atoms with E-state index in [1.807, 2.05) is 6.07 Å². The van der Waals surface area contributed by atoms with Gasteiger partial charge in [-0.15, -0.1) is 0 Å². The summed E-state index contributed by atoms with van der Waals surface area (Å²) < 4.78 is 4.72. The van der Waals surface area contributed by atoms with Crippen molar-refractivity contribution >= 4 is 11.8 Å². The van der Waals surface area contributed by atoms with Crippen molar-refractivity contribution in [2.75, 3.05) is 12.8 Å². The van der Waals surface area contributed by atoms with Gasteiger partial charge in [-0.3, -0.25) is 5.10 Å². The molecule has 0 aliphatic rings. The van der Waals surface area contributed by atoms with Crippen LogP contribution in [0.5, 0.6) is 5.75 Å². The van der Waals surface area contributed by atoms with Crippen molar-refractivity contribution in [2.24, 2.45) is 0 Å². The van der Waals surface area contributed by atoms with Crippen molar-refractivity contribution in [3.05, 3.63) is 47.8 Å². The van der Waals surface area contributed by atoms with Crippen LogP contribution >= 0.6 is 0 Å². The number of aromatic amines is 1. The van der Waals surface area contributed by atoms with Crippen LogP contribution in [-0.2, 0) is 4.74 Å². The fraction of sp³-hybridized carbons (Fsp3) is 0.0588. The van der Waals surface area contributed by atoms with Crippen LogP contribution < -0.4 is 5.73 Å². The molecule has 0 atom stereocenters. The lowest BCUT2D eigenvalue weighted by Crippen LogP contribution is -2.05. The third-order valence-electron chi connectivity index (χ3n) is 3.62. The first-order chi connectivity index (χ1) is 12.0. The third-order valence-corrected chi connectivity index (χ3v) is 3.62. The van der Waals surface area contributed by atoms with E-state index in [1.165, 1.54) is 25.4 Å². The molecule has 0 saturated carbocycles. The molecule has 0 aliphatic carbocycles. The van der Waals surface area contributed by atoms with Crippen LogP contribution in [0.4, 0.5) is 5.82 Å². The number of esters is 1. The van der Waals surface area contributed by atoms with Crippen molar-refractivity contribution in [3.63, 3.8) is 0 Å². The summed E-state index contributed by atoms with van der Waals surface area (Å²) in [4.78, 5) is 16.1. The molecule has 3 aromatic rings. The minimum absolute atomic E-state index is 0.00959. The molecule has 0 unspecified atom stereocenters. The topological polar surface area (TPSA) is 138 Å². The number of methoxy groups -OCH3 is 1. The number of pyridine rings is 1. The van der Waals surface area contributed by atoms with Crippen molar-refractivity contribution in [1.29, 1.82) is 5.26 Å². The number of H-pyrrole nitrogens is 1. The number of phenols is 1. The number of nitrogens with one attached hydrogen (secondary N) is 1. The Bertz CT molecular complexity index is 1000. The Morgan fingerprint density at radius 3 is 2.84 bits per heavy atom. The Labute approximate surface area is 142 Å². The highest BCUT2D eigenvalue weighted by atomic mass is 16.5. The van der Waals surface area contributed by atoms with E-state index >= 15 is 0 Å². The molecular weight excluding hydrogens is 322 g/mol. The number of nitriles is 1. The zero-order valence-corrected chi connectivity index (χ0v) is 13.1. The minimum Gasteiger partial charge on any atom is -0.508 e. The lowest BCUT2D eigenvalue weighted by atomic mass is 9.98. The van der Waals surface area contributed by atoms with Crippen LogP contribution in [0.25, 0.3) is 22.4 Å². The number of anilines is 1. The molecule has 124 valence electrons. The number of carbonyl (C=O) groups excluding carboxylic acids is 1. The molecule has 1 aromatic carbocycles. The second kappa shape index (κ2) is 6.33. The van der Waals surface area contributed by atoms with Gasteiger partial charge in [0.2, 0.25) is 0 Å². The second-order valence-corrected chi connectivity index (χ2v) is 5.13. The Morgan fingerprint density at radius 2 is 2.16 bits per heavy atom. The Hall–Kier alpha value is -3.86. The number of aromatic nitrogens is 3. The van der Waals surface area contributed by atoms with Crippen molar-refractivity contribution < 1.29 is 14.6 Å². The molecule has 0 amide bonds. The van der Waals surface area contributed by atoms with E-state index < -0.39 is 5.97 Å². The number of nitrogen functional groups attached to an aromatic ring is 1. The van der Waals surface area contributed by atoms with Gasteiger partial charge in [0, 0.05) is 16.7 Å². The van der Waals surface area contributed by atoms with Crippen molar-refractivity contribution in [1.82, 2.24) is 15.2 Å². The number of aromatic hydroxyl groups is 1. The van der Waals surface area contributed by atoms with E-state index in [9.17, 15) is 15.2 Å². The van der Waals surface area contributed by atoms with Crippen LogP contribution in [0.15, 0.2) is 36.5 Å². The largest absolute Gasteiger partial charge is 0.508 e. The number of carbonyl (C=O) groups is 1. The molecule has 0 aliphatic heterocycles. The zero-order chi connectivity index (χ0) is 18.0. The molecule has 0 radical (unpaired) electrons. The first-order valence-corrected chi connectivity index (χ1v) is 7.17. The maximum atomic E-state index is 11.9. The van der Waals surface area contributed by atoms with Gasteiger partial charge < -0.3 is 15.6 Å². The summed E-state index contributed by atoms with van der Waals surface area (Å²) in [6.45, 7) is 0. The molecule has 8 nitrogen and oxygen atoms in total. The van der Waals surface area contributed by atoms with Gasteiger partial charge in [-0.05, 0) is 18.2 Å². The molecule has 0 spiro atoms. The fourth-order valence-corrected chi connectivity index (χ4v) is 2.46. The number of benzene rings is 1. The van der Waals surface area contributed by atoms with E-state index in [1.54, 1.807) is 18.2 Å². The van der Waals surface area contributed by atoms with E-state index in [-0.39, 0.29) is 22.8 Å². The molecule has 0 bridgehead atoms. The summed E-state index contributed by atoms with van der Waals surface area (Å²) in [6.07, 6.45) is 1.41. The van der Waals surface area contributed by atoms with Gasteiger partial charge >= 0.3 is 5.97 Å². The molecule has 4 N–H and O–H groups in total.